The fourth-order valence-electron chi connectivity index (χ4n) is 2.97. The zero-order chi connectivity index (χ0) is 21.5. The van der Waals surface area contributed by atoms with E-state index in [0.717, 1.165) is 27.5 Å². The maximum atomic E-state index is 12.5. The van der Waals surface area contributed by atoms with Gasteiger partial charge < -0.3 is 9.64 Å². The lowest BCUT2D eigenvalue weighted by atomic mass is 10.1. The minimum atomic E-state index is -0.477. The number of fused-ring (bicyclic) bond motifs is 1. The highest BCUT2D eigenvalue weighted by atomic mass is 32.2. The van der Waals surface area contributed by atoms with Crippen LogP contribution in [0.25, 0.3) is 0 Å². The Morgan fingerprint density at radius 1 is 1.00 bits per heavy atom. The first kappa shape index (κ1) is 21.7. The van der Waals surface area contributed by atoms with Crippen molar-refractivity contribution in [2.24, 2.45) is 0 Å². The number of carbonyl (C=O) groups is 3. The fourth-order valence-corrected chi connectivity index (χ4v) is 3.97. The van der Waals surface area contributed by atoms with Crippen molar-refractivity contribution in [1.29, 1.82) is 0 Å². The van der Waals surface area contributed by atoms with Crippen LogP contribution in [-0.2, 0) is 14.4 Å². The summed E-state index contributed by atoms with van der Waals surface area (Å²) < 4.78 is 5.42. The van der Waals surface area contributed by atoms with Crippen LogP contribution in [-0.4, -0.2) is 36.6 Å². The summed E-state index contributed by atoms with van der Waals surface area (Å²) in [6.45, 7) is 4.36. The van der Waals surface area contributed by atoms with Crippen LogP contribution in [0.5, 0.6) is 5.75 Å². The molecule has 0 bridgehead atoms. The van der Waals surface area contributed by atoms with E-state index >= 15 is 0 Å². The predicted molar refractivity (Wildman–Crippen MR) is 116 cm³/mol. The third kappa shape index (κ3) is 5.76. The van der Waals surface area contributed by atoms with E-state index in [1.807, 2.05) is 50.2 Å². The predicted octanol–water partition coefficient (Wildman–Crippen LogP) is 2.75. The summed E-state index contributed by atoms with van der Waals surface area (Å²) in [5.74, 6) is 0.399. The maximum Gasteiger partial charge on any atom is 0.276 e. The molecule has 158 valence electrons. The summed E-state index contributed by atoms with van der Waals surface area (Å²) in [4.78, 5) is 39.2. The van der Waals surface area contributed by atoms with Crippen molar-refractivity contribution >= 4 is 35.2 Å². The van der Waals surface area contributed by atoms with E-state index in [4.69, 9.17) is 4.74 Å². The molecule has 0 saturated heterocycles. The molecule has 0 saturated carbocycles. The molecule has 2 aromatic carbocycles. The van der Waals surface area contributed by atoms with Gasteiger partial charge in [-0.25, -0.2) is 0 Å². The molecule has 0 aliphatic carbocycles. The summed E-state index contributed by atoms with van der Waals surface area (Å²) in [6.07, 6.45) is 0.0583. The van der Waals surface area contributed by atoms with Crippen molar-refractivity contribution in [3.63, 3.8) is 0 Å². The number of ether oxygens (including phenoxy) is 1. The SMILES string of the molecule is Cc1ccc(OCC(=O)NNC(=O)CCC(=O)N2CCSc3ccccc32)cc1C. The summed E-state index contributed by atoms with van der Waals surface area (Å²) in [7, 11) is 0. The first-order valence-electron chi connectivity index (χ1n) is 9.74. The Kier molecular flexibility index (Phi) is 7.35. The molecule has 2 N–H and O–H groups in total. The van der Waals surface area contributed by atoms with Crippen LogP contribution in [0.2, 0.25) is 0 Å². The number of amides is 3. The Morgan fingerprint density at radius 3 is 2.57 bits per heavy atom. The van der Waals surface area contributed by atoms with Crippen molar-refractivity contribution in [2.45, 2.75) is 31.6 Å². The van der Waals surface area contributed by atoms with Gasteiger partial charge in [0, 0.05) is 30.0 Å². The van der Waals surface area contributed by atoms with Crippen molar-refractivity contribution in [1.82, 2.24) is 10.9 Å². The van der Waals surface area contributed by atoms with E-state index in [1.165, 1.54) is 0 Å². The third-order valence-electron chi connectivity index (χ3n) is 4.79. The molecule has 1 aliphatic heterocycles. The molecule has 0 atom stereocenters. The second-order valence-corrected chi connectivity index (χ2v) is 8.13. The highest BCUT2D eigenvalue weighted by molar-refractivity contribution is 7.99. The van der Waals surface area contributed by atoms with Crippen molar-refractivity contribution in [3.05, 3.63) is 53.6 Å². The highest BCUT2D eigenvalue weighted by Crippen LogP contribution is 2.34. The van der Waals surface area contributed by atoms with Crippen LogP contribution >= 0.6 is 11.8 Å². The van der Waals surface area contributed by atoms with E-state index in [-0.39, 0.29) is 25.4 Å². The molecule has 8 heteroatoms. The number of hydrogen-bond acceptors (Lipinski definition) is 5. The van der Waals surface area contributed by atoms with Crippen molar-refractivity contribution in [3.8, 4) is 5.75 Å². The summed E-state index contributed by atoms with van der Waals surface area (Å²) in [5.41, 5.74) is 7.72. The van der Waals surface area contributed by atoms with Crippen LogP contribution in [0.3, 0.4) is 0 Å². The van der Waals surface area contributed by atoms with Crippen LogP contribution in [0.1, 0.15) is 24.0 Å². The van der Waals surface area contributed by atoms with E-state index in [9.17, 15) is 14.4 Å². The minimum absolute atomic E-state index is 0.0110. The summed E-state index contributed by atoms with van der Waals surface area (Å²) >= 11 is 1.72. The lowest BCUT2D eigenvalue weighted by molar-refractivity contribution is -0.130. The minimum Gasteiger partial charge on any atom is -0.484 e. The Balaban J connectivity index is 1.39. The van der Waals surface area contributed by atoms with Gasteiger partial charge in [0.15, 0.2) is 6.61 Å². The van der Waals surface area contributed by atoms with Gasteiger partial charge >= 0.3 is 0 Å². The Morgan fingerprint density at radius 2 is 1.77 bits per heavy atom. The number of anilines is 1. The number of para-hydroxylation sites is 1. The number of aryl methyl sites for hydroxylation is 2. The molecule has 7 nitrogen and oxygen atoms in total. The molecule has 0 aromatic heterocycles. The lowest BCUT2D eigenvalue weighted by Gasteiger charge is -2.29. The molecule has 0 unspecified atom stereocenters. The molecule has 2 aromatic rings. The molecule has 0 radical (unpaired) electrons. The first-order valence-corrected chi connectivity index (χ1v) is 10.7. The first-order chi connectivity index (χ1) is 14.4. The number of thioether (sulfide) groups is 1. The second-order valence-electron chi connectivity index (χ2n) is 6.99. The van der Waals surface area contributed by atoms with Gasteiger partial charge in [-0.3, -0.25) is 25.2 Å². The van der Waals surface area contributed by atoms with Gasteiger partial charge in [-0.1, -0.05) is 18.2 Å². The zero-order valence-corrected chi connectivity index (χ0v) is 17.9. The molecule has 0 fully saturated rings. The molecular weight excluding hydrogens is 402 g/mol. The normalized spacial score (nSPS) is 12.7. The van der Waals surface area contributed by atoms with Gasteiger partial charge in [0.2, 0.25) is 11.8 Å². The van der Waals surface area contributed by atoms with E-state index < -0.39 is 11.8 Å². The van der Waals surface area contributed by atoms with Crippen LogP contribution < -0.4 is 20.5 Å². The number of benzene rings is 2. The van der Waals surface area contributed by atoms with E-state index in [0.29, 0.717) is 12.3 Å². The van der Waals surface area contributed by atoms with Crippen LogP contribution in [0, 0.1) is 13.8 Å². The van der Waals surface area contributed by atoms with Crippen molar-refractivity contribution in [2.75, 3.05) is 23.8 Å². The highest BCUT2D eigenvalue weighted by Gasteiger charge is 2.22. The second kappa shape index (κ2) is 10.2. The lowest BCUT2D eigenvalue weighted by Crippen LogP contribution is -2.44. The van der Waals surface area contributed by atoms with Gasteiger partial charge in [-0.2, -0.15) is 0 Å². The number of hydrazine groups is 1. The molecule has 0 spiro atoms. The van der Waals surface area contributed by atoms with Crippen LogP contribution in [0.4, 0.5) is 5.69 Å². The van der Waals surface area contributed by atoms with Crippen molar-refractivity contribution < 1.29 is 19.1 Å². The standard InChI is InChI=1S/C22H25N3O4S/c1-15-7-8-17(13-16(15)2)29-14-21(27)24-23-20(26)9-10-22(28)25-11-12-30-19-6-4-3-5-18(19)25/h3-8,13H,9-12,14H2,1-2H3,(H,23,26)(H,24,27). The average Bonchev–Trinajstić information content (AvgIpc) is 2.76. The van der Waals surface area contributed by atoms with E-state index in [1.54, 1.807) is 22.7 Å². The molecular formula is C22H25N3O4S. The molecule has 3 amide bonds. The summed E-state index contributed by atoms with van der Waals surface area (Å²) in [6, 6.07) is 13.3. The molecule has 1 heterocycles. The largest absolute Gasteiger partial charge is 0.484 e. The molecule has 30 heavy (non-hydrogen) atoms. The van der Waals surface area contributed by atoms with E-state index in [2.05, 4.69) is 10.9 Å². The monoisotopic (exact) mass is 427 g/mol. The van der Waals surface area contributed by atoms with Gasteiger partial charge in [-0.05, 0) is 49.2 Å². The maximum absolute atomic E-state index is 12.5. The number of carbonyl (C=O) groups excluding carboxylic acids is 3. The Bertz CT molecular complexity index is 948. The van der Waals surface area contributed by atoms with Gasteiger partial charge in [0.05, 0.1) is 5.69 Å². The van der Waals surface area contributed by atoms with Gasteiger partial charge in [0.25, 0.3) is 5.91 Å². The van der Waals surface area contributed by atoms with Gasteiger partial charge in [-0.15, -0.1) is 11.8 Å². The number of nitrogens with one attached hydrogen (secondary N) is 2. The van der Waals surface area contributed by atoms with Gasteiger partial charge in [0.1, 0.15) is 5.75 Å². The number of rotatable bonds is 6. The summed E-state index contributed by atoms with van der Waals surface area (Å²) in [5, 5.41) is 0. The number of nitrogens with zero attached hydrogens (tertiary/aromatic N) is 1. The van der Waals surface area contributed by atoms with Crippen LogP contribution in [0.15, 0.2) is 47.4 Å². The fraction of sp³-hybridized carbons (Fsp3) is 0.318. The molecule has 1 aliphatic rings. The topological polar surface area (TPSA) is 87.7 Å². The smallest absolute Gasteiger partial charge is 0.276 e. The molecule has 3 rings (SSSR count). The Labute approximate surface area is 180 Å². The third-order valence-corrected chi connectivity index (χ3v) is 5.83. The quantitative estimate of drug-likeness (QED) is 0.692. The average molecular weight is 428 g/mol. The number of hydrogen-bond donors (Lipinski definition) is 2. The zero-order valence-electron chi connectivity index (χ0n) is 17.1. The Hall–Kier alpha value is -3.00.